The van der Waals surface area contributed by atoms with E-state index < -0.39 is 5.97 Å². The molecule has 0 heterocycles. The predicted molar refractivity (Wildman–Crippen MR) is 83.9 cm³/mol. The SMILES string of the molecule is O=C(O)COC1CCC(NCC(=O)OCc2ccccc2)CC1. The Labute approximate surface area is 135 Å². The van der Waals surface area contributed by atoms with Crippen molar-refractivity contribution in [3.8, 4) is 0 Å². The van der Waals surface area contributed by atoms with E-state index in [2.05, 4.69) is 5.32 Å². The summed E-state index contributed by atoms with van der Waals surface area (Å²) in [5.74, 6) is -1.20. The third kappa shape index (κ3) is 6.80. The molecule has 0 bridgehead atoms. The first-order valence-electron chi connectivity index (χ1n) is 7.90. The monoisotopic (exact) mass is 321 g/mol. The topological polar surface area (TPSA) is 84.9 Å². The lowest BCUT2D eigenvalue weighted by Gasteiger charge is -2.28. The van der Waals surface area contributed by atoms with Crippen molar-refractivity contribution in [1.82, 2.24) is 5.32 Å². The van der Waals surface area contributed by atoms with E-state index in [9.17, 15) is 9.59 Å². The molecule has 0 atom stereocenters. The number of hydrogen-bond donors (Lipinski definition) is 2. The molecule has 126 valence electrons. The summed E-state index contributed by atoms with van der Waals surface area (Å²) < 4.78 is 10.5. The highest BCUT2D eigenvalue weighted by Gasteiger charge is 2.22. The number of carboxylic acids is 1. The highest BCUT2D eigenvalue weighted by molar-refractivity contribution is 5.71. The molecule has 0 amide bonds. The van der Waals surface area contributed by atoms with Gasteiger partial charge in [0, 0.05) is 6.04 Å². The van der Waals surface area contributed by atoms with Gasteiger partial charge in [-0.05, 0) is 31.2 Å². The van der Waals surface area contributed by atoms with Gasteiger partial charge in [-0.2, -0.15) is 0 Å². The molecule has 1 aromatic carbocycles. The number of carboxylic acid groups (broad SMARTS) is 1. The van der Waals surface area contributed by atoms with Crippen LogP contribution in [0.15, 0.2) is 30.3 Å². The Kier molecular flexibility index (Phi) is 7.03. The Morgan fingerprint density at radius 2 is 1.83 bits per heavy atom. The fraction of sp³-hybridized carbons (Fsp3) is 0.529. The van der Waals surface area contributed by atoms with Crippen LogP contribution in [0.1, 0.15) is 31.2 Å². The molecule has 1 aliphatic carbocycles. The van der Waals surface area contributed by atoms with E-state index in [0.29, 0.717) is 0 Å². The largest absolute Gasteiger partial charge is 0.480 e. The highest BCUT2D eigenvalue weighted by atomic mass is 16.5. The minimum atomic E-state index is -0.939. The highest BCUT2D eigenvalue weighted by Crippen LogP contribution is 2.21. The summed E-state index contributed by atoms with van der Waals surface area (Å²) in [7, 11) is 0. The maximum atomic E-state index is 11.7. The van der Waals surface area contributed by atoms with Gasteiger partial charge < -0.3 is 19.9 Å². The molecule has 1 aromatic rings. The van der Waals surface area contributed by atoms with Gasteiger partial charge in [0.15, 0.2) is 0 Å². The Morgan fingerprint density at radius 3 is 2.48 bits per heavy atom. The van der Waals surface area contributed by atoms with Gasteiger partial charge in [-0.25, -0.2) is 4.79 Å². The lowest BCUT2D eigenvalue weighted by atomic mass is 9.93. The van der Waals surface area contributed by atoms with Crippen molar-refractivity contribution in [2.45, 2.75) is 44.4 Å². The van der Waals surface area contributed by atoms with Crippen molar-refractivity contribution in [2.75, 3.05) is 13.2 Å². The number of esters is 1. The van der Waals surface area contributed by atoms with Crippen molar-refractivity contribution in [3.05, 3.63) is 35.9 Å². The number of carbonyl (C=O) groups excluding carboxylic acids is 1. The molecule has 1 aliphatic rings. The summed E-state index contributed by atoms with van der Waals surface area (Å²) in [6.07, 6.45) is 3.37. The lowest BCUT2D eigenvalue weighted by molar-refractivity contribution is -0.146. The van der Waals surface area contributed by atoms with E-state index in [1.54, 1.807) is 0 Å². The summed E-state index contributed by atoms with van der Waals surface area (Å²) >= 11 is 0. The number of aliphatic carboxylic acids is 1. The van der Waals surface area contributed by atoms with Gasteiger partial charge in [0.2, 0.25) is 0 Å². The summed E-state index contributed by atoms with van der Waals surface area (Å²) in [6.45, 7) is 0.240. The number of ether oxygens (including phenoxy) is 2. The van der Waals surface area contributed by atoms with Gasteiger partial charge in [0.25, 0.3) is 0 Å². The first kappa shape index (κ1) is 17.4. The van der Waals surface area contributed by atoms with Crippen LogP contribution in [0.5, 0.6) is 0 Å². The fourth-order valence-electron chi connectivity index (χ4n) is 2.64. The summed E-state index contributed by atoms with van der Waals surface area (Å²) in [4.78, 5) is 22.2. The number of nitrogens with one attached hydrogen (secondary N) is 1. The van der Waals surface area contributed by atoms with Crippen LogP contribution < -0.4 is 5.32 Å². The van der Waals surface area contributed by atoms with Gasteiger partial charge in [-0.3, -0.25) is 4.79 Å². The normalized spacial score (nSPS) is 20.9. The molecule has 0 aromatic heterocycles. The third-order valence-corrected chi connectivity index (χ3v) is 3.89. The first-order chi connectivity index (χ1) is 11.1. The zero-order valence-electron chi connectivity index (χ0n) is 13.1. The molecule has 1 saturated carbocycles. The summed E-state index contributed by atoms with van der Waals surface area (Å²) in [6, 6.07) is 9.82. The van der Waals surface area contributed by atoms with Gasteiger partial charge in [0.1, 0.15) is 13.2 Å². The molecule has 0 unspecified atom stereocenters. The first-order valence-corrected chi connectivity index (χ1v) is 7.90. The van der Waals surface area contributed by atoms with Gasteiger partial charge in [-0.1, -0.05) is 30.3 Å². The average Bonchev–Trinajstić information content (AvgIpc) is 2.58. The molecule has 2 N–H and O–H groups in total. The van der Waals surface area contributed by atoms with E-state index in [0.717, 1.165) is 31.2 Å². The van der Waals surface area contributed by atoms with Crippen LogP contribution in [-0.2, 0) is 25.7 Å². The van der Waals surface area contributed by atoms with E-state index in [1.165, 1.54) is 0 Å². The predicted octanol–water partition coefficient (Wildman–Crippen LogP) is 1.73. The maximum absolute atomic E-state index is 11.7. The maximum Gasteiger partial charge on any atom is 0.329 e. The van der Waals surface area contributed by atoms with E-state index in [1.807, 2.05) is 30.3 Å². The van der Waals surface area contributed by atoms with Crippen molar-refractivity contribution in [2.24, 2.45) is 0 Å². The van der Waals surface area contributed by atoms with Crippen molar-refractivity contribution >= 4 is 11.9 Å². The second-order valence-corrected chi connectivity index (χ2v) is 5.71. The van der Waals surface area contributed by atoms with Gasteiger partial charge in [0.05, 0.1) is 12.6 Å². The Balaban J connectivity index is 1.58. The lowest BCUT2D eigenvalue weighted by Crippen LogP contribution is -2.38. The molecule has 0 aliphatic heterocycles. The Morgan fingerprint density at radius 1 is 1.13 bits per heavy atom. The van der Waals surface area contributed by atoms with Crippen LogP contribution >= 0.6 is 0 Å². The molecule has 0 saturated heterocycles. The molecular formula is C17H23NO5. The molecule has 23 heavy (non-hydrogen) atoms. The van der Waals surface area contributed by atoms with Gasteiger partial charge >= 0.3 is 11.9 Å². The van der Waals surface area contributed by atoms with Gasteiger partial charge in [-0.15, -0.1) is 0 Å². The number of benzene rings is 1. The Bertz CT molecular complexity index is 497. The third-order valence-electron chi connectivity index (χ3n) is 3.89. The second kappa shape index (κ2) is 9.27. The standard InChI is InChI=1S/C17H23NO5/c19-16(20)12-22-15-8-6-14(7-9-15)18-10-17(21)23-11-13-4-2-1-3-5-13/h1-5,14-15,18H,6-12H2,(H,19,20). The number of hydrogen-bond acceptors (Lipinski definition) is 5. The summed E-state index contributed by atoms with van der Waals surface area (Å²) in [5.41, 5.74) is 0.969. The average molecular weight is 321 g/mol. The van der Waals surface area contributed by atoms with Crippen molar-refractivity contribution < 1.29 is 24.2 Å². The molecule has 1 fully saturated rings. The molecule has 0 radical (unpaired) electrons. The molecule has 0 spiro atoms. The van der Waals surface area contributed by atoms with Crippen molar-refractivity contribution in [3.63, 3.8) is 0 Å². The van der Waals surface area contributed by atoms with E-state index in [4.69, 9.17) is 14.6 Å². The van der Waals surface area contributed by atoms with Crippen LogP contribution in [0.4, 0.5) is 0 Å². The zero-order valence-corrected chi connectivity index (χ0v) is 13.1. The van der Waals surface area contributed by atoms with Crippen molar-refractivity contribution in [1.29, 1.82) is 0 Å². The summed E-state index contributed by atoms with van der Waals surface area (Å²) in [5, 5.41) is 11.8. The number of rotatable bonds is 8. The smallest absolute Gasteiger partial charge is 0.329 e. The minimum absolute atomic E-state index is 0.00850. The Hall–Kier alpha value is -1.92. The number of carbonyl (C=O) groups is 2. The quantitative estimate of drug-likeness (QED) is 0.709. The van der Waals surface area contributed by atoms with Crippen LogP contribution in [0.25, 0.3) is 0 Å². The molecule has 6 nitrogen and oxygen atoms in total. The molecular weight excluding hydrogens is 298 g/mol. The second-order valence-electron chi connectivity index (χ2n) is 5.71. The zero-order chi connectivity index (χ0) is 16.5. The van der Waals surface area contributed by atoms with Crippen LogP contribution in [0.3, 0.4) is 0 Å². The fourth-order valence-corrected chi connectivity index (χ4v) is 2.64. The minimum Gasteiger partial charge on any atom is -0.480 e. The van der Waals surface area contributed by atoms with Crippen LogP contribution in [-0.4, -0.2) is 42.3 Å². The molecule has 2 rings (SSSR count). The van der Waals surface area contributed by atoms with E-state index >= 15 is 0 Å². The van der Waals surface area contributed by atoms with E-state index in [-0.39, 0.29) is 37.9 Å². The molecule has 6 heteroatoms. The van der Waals surface area contributed by atoms with Crippen LogP contribution in [0.2, 0.25) is 0 Å². The van der Waals surface area contributed by atoms with Crippen LogP contribution in [0, 0.1) is 0 Å².